The molecule has 3 heteroatoms. The minimum Gasteiger partial charge on any atom is -0.486 e. The maximum Gasteiger partial charge on any atom is 0.148 e. The largest absolute Gasteiger partial charge is 0.486 e. The quantitative estimate of drug-likeness (QED) is 0.454. The molecule has 0 unspecified atom stereocenters. The minimum atomic E-state index is 0.450. The van der Waals surface area contributed by atoms with E-state index in [2.05, 4.69) is 73.0 Å². The first kappa shape index (κ1) is 17.3. The van der Waals surface area contributed by atoms with Crippen LogP contribution >= 0.6 is 0 Å². The van der Waals surface area contributed by atoms with Crippen LogP contribution in [0.2, 0.25) is 0 Å². The van der Waals surface area contributed by atoms with Gasteiger partial charge in [-0.15, -0.1) is 0 Å². The lowest BCUT2D eigenvalue weighted by Gasteiger charge is -2.11. The predicted molar refractivity (Wildman–Crippen MR) is 110 cm³/mol. The molecule has 0 aliphatic heterocycles. The molecule has 0 bridgehead atoms. The monoisotopic (exact) mass is 356 g/mol. The minimum absolute atomic E-state index is 0.450. The highest BCUT2D eigenvalue weighted by Crippen LogP contribution is 2.20. The van der Waals surface area contributed by atoms with E-state index >= 15 is 0 Å². The van der Waals surface area contributed by atoms with Gasteiger partial charge in [0.2, 0.25) is 0 Å². The second-order valence-corrected chi connectivity index (χ2v) is 6.88. The summed E-state index contributed by atoms with van der Waals surface area (Å²) in [6, 6.07) is 25.2. The smallest absolute Gasteiger partial charge is 0.148 e. The highest BCUT2D eigenvalue weighted by Gasteiger charge is 2.12. The fourth-order valence-electron chi connectivity index (χ4n) is 3.37. The van der Waals surface area contributed by atoms with Crippen molar-refractivity contribution >= 4 is 11.0 Å². The van der Waals surface area contributed by atoms with Crippen molar-refractivity contribution in [2.75, 3.05) is 0 Å². The van der Waals surface area contributed by atoms with Crippen LogP contribution in [0, 0.1) is 6.92 Å². The Morgan fingerprint density at radius 1 is 0.889 bits per heavy atom. The van der Waals surface area contributed by atoms with Crippen LogP contribution in [-0.4, -0.2) is 9.55 Å². The molecular weight excluding hydrogens is 332 g/mol. The molecule has 136 valence electrons. The lowest BCUT2D eigenvalue weighted by molar-refractivity contribution is 0.291. The van der Waals surface area contributed by atoms with E-state index in [1.165, 1.54) is 16.7 Å². The van der Waals surface area contributed by atoms with Crippen molar-refractivity contribution < 1.29 is 4.74 Å². The molecule has 0 atom stereocenters. The number of nitrogens with zero attached hydrogens (tertiary/aromatic N) is 2. The molecule has 0 radical (unpaired) electrons. The standard InChI is InChI=1S/C24H24N2O/c1-3-19-11-13-21(14-12-19)27-17-24-25-22-9-4-5-10-23(22)26(24)16-20-8-6-7-18(2)15-20/h4-15H,3,16-17H2,1-2H3. The molecule has 0 saturated heterocycles. The van der Waals surface area contributed by atoms with E-state index in [1.807, 2.05) is 18.2 Å². The summed E-state index contributed by atoms with van der Waals surface area (Å²) in [5.41, 5.74) is 6.00. The summed E-state index contributed by atoms with van der Waals surface area (Å²) in [6.07, 6.45) is 1.03. The van der Waals surface area contributed by atoms with Gasteiger partial charge in [0.25, 0.3) is 0 Å². The van der Waals surface area contributed by atoms with Crippen LogP contribution in [0.4, 0.5) is 0 Å². The topological polar surface area (TPSA) is 27.1 Å². The van der Waals surface area contributed by atoms with Gasteiger partial charge in [-0.1, -0.05) is 61.0 Å². The average Bonchev–Trinajstić information content (AvgIpc) is 3.04. The Labute approximate surface area is 160 Å². The zero-order valence-electron chi connectivity index (χ0n) is 15.9. The summed E-state index contributed by atoms with van der Waals surface area (Å²) in [6.45, 7) is 5.52. The molecule has 3 nitrogen and oxygen atoms in total. The van der Waals surface area contributed by atoms with Crippen molar-refractivity contribution in [2.45, 2.75) is 33.4 Å². The number of para-hydroxylation sites is 2. The first-order valence-electron chi connectivity index (χ1n) is 9.44. The lowest BCUT2D eigenvalue weighted by atomic mass is 10.1. The molecule has 0 saturated carbocycles. The van der Waals surface area contributed by atoms with Gasteiger partial charge in [-0.25, -0.2) is 4.98 Å². The van der Waals surface area contributed by atoms with Crippen LogP contribution in [0.1, 0.15) is 29.4 Å². The molecule has 3 aromatic carbocycles. The summed E-state index contributed by atoms with van der Waals surface area (Å²) in [7, 11) is 0. The molecule has 1 heterocycles. The first-order valence-corrected chi connectivity index (χ1v) is 9.44. The van der Waals surface area contributed by atoms with Gasteiger partial charge < -0.3 is 9.30 Å². The second-order valence-electron chi connectivity index (χ2n) is 6.88. The van der Waals surface area contributed by atoms with Gasteiger partial charge in [0, 0.05) is 6.54 Å². The fourth-order valence-corrected chi connectivity index (χ4v) is 3.37. The Morgan fingerprint density at radius 3 is 2.48 bits per heavy atom. The van der Waals surface area contributed by atoms with E-state index in [-0.39, 0.29) is 0 Å². The normalized spacial score (nSPS) is 11.0. The van der Waals surface area contributed by atoms with Gasteiger partial charge in [-0.05, 0) is 48.7 Å². The third-order valence-electron chi connectivity index (χ3n) is 4.86. The van der Waals surface area contributed by atoms with Crippen molar-refractivity contribution in [3.63, 3.8) is 0 Å². The number of aryl methyl sites for hydroxylation is 2. The zero-order chi connectivity index (χ0) is 18.6. The van der Waals surface area contributed by atoms with Gasteiger partial charge in [0.05, 0.1) is 11.0 Å². The van der Waals surface area contributed by atoms with E-state index < -0.39 is 0 Å². The Bertz CT molecular complexity index is 1050. The number of rotatable bonds is 6. The van der Waals surface area contributed by atoms with Crippen molar-refractivity contribution in [3.05, 3.63) is 95.3 Å². The van der Waals surface area contributed by atoms with Gasteiger partial charge in [-0.2, -0.15) is 0 Å². The lowest BCUT2D eigenvalue weighted by Crippen LogP contribution is -2.08. The van der Waals surface area contributed by atoms with Gasteiger partial charge in [0.15, 0.2) is 0 Å². The van der Waals surface area contributed by atoms with Gasteiger partial charge >= 0.3 is 0 Å². The molecule has 0 spiro atoms. The number of benzene rings is 3. The Kier molecular flexibility index (Phi) is 4.93. The highest BCUT2D eigenvalue weighted by molar-refractivity contribution is 5.76. The highest BCUT2D eigenvalue weighted by atomic mass is 16.5. The molecule has 0 amide bonds. The summed E-state index contributed by atoms with van der Waals surface area (Å²) in [4.78, 5) is 4.82. The molecule has 27 heavy (non-hydrogen) atoms. The number of hydrogen-bond acceptors (Lipinski definition) is 2. The van der Waals surface area contributed by atoms with E-state index in [0.717, 1.165) is 35.6 Å². The van der Waals surface area contributed by atoms with Crippen molar-refractivity contribution in [1.29, 1.82) is 0 Å². The molecule has 4 aromatic rings. The molecule has 0 fully saturated rings. The summed E-state index contributed by atoms with van der Waals surface area (Å²) in [5, 5.41) is 0. The fraction of sp³-hybridized carbons (Fsp3) is 0.208. The van der Waals surface area contributed by atoms with Crippen LogP contribution < -0.4 is 4.74 Å². The number of fused-ring (bicyclic) bond motifs is 1. The van der Waals surface area contributed by atoms with E-state index in [1.54, 1.807) is 0 Å². The van der Waals surface area contributed by atoms with Gasteiger partial charge in [0.1, 0.15) is 18.2 Å². The average molecular weight is 356 g/mol. The molecular formula is C24H24N2O. The van der Waals surface area contributed by atoms with Crippen LogP contribution in [0.25, 0.3) is 11.0 Å². The maximum atomic E-state index is 6.04. The van der Waals surface area contributed by atoms with Crippen molar-refractivity contribution in [1.82, 2.24) is 9.55 Å². The van der Waals surface area contributed by atoms with E-state index in [0.29, 0.717) is 6.61 Å². The number of ether oxygens (including phenoxy) is 1. The Balaban J connectivity index is 1.62. The number of aromatic nitrogens is 2. The van der Waals surface area contributed by atoms with Crippen LogP contribution in [0.15, 0.2) is 72.8 Å². The SMILES string of the molecule is CCc1ccc(OCc2nc3ccccc3n2Cc2cccc(C)c2)cc1. The summed E-state index contributed by atoms with van der Waals surface area (Å²) < 4.78 is 8.29. The van der Waals surface area contributed by atoms with E-state index in [4.69, 9.17) is 9.72 Å². The number of imidazole rings is 1. The molecule has 4 rings (SSSR count). The summed E-state index contributed by atoms with van der Waals surface area (Å²) in [5.74, 6) is 1.82. The van der Waals surface area contributed by atoms with Crippen molar-refractivity contribution in [3.8, 4) is 5.75 Å². The molecule has 0 N–H and O–H groups in total. The zero-order valence-corrected chi connectivity index (χ0v) is 15.9. The van der Waals surface area contributed by atoms with Crippen LogP contribution in [-0.2, 0) is 19.6 Å². The molecule has 1 aromatic heterocycles. The van der Waals surface area contributed by atoms with Crippen molar-refractivity contribution in [2.24, 2.45) is 0 Å². The molecule has 0 aliphatic carbocycles. The predicted octanol–water partition coefficient (Wildman–Crippen LogP) is 5.53. The van der Waals surface area contributed by atoms with Crippen LogP contribution in [0.5, 0.6) is 5.75 Å². The maximum absolute atomic E-state index is 6.04. The van der Waals surface area contributed by atoms with Gasteiger partial charge in [-0.3, -0.25) is 0 Å². The van der Waals surface area contributed by atoms with Crippen LogP contribution in [0.3, 0.4) is 0 Å². The Morgan fingerprint density at radius 2 is 1.70 bits per heavy atom. The summed E-state index contributed by atoms with van der Waals surface area (Å²) >= 11 is 0. The Hall–Kier alpha value is -3.07. The third kappa shape index (κ3) is 3.87. The molecule has 0 aliphatic rings. The number of hydrogen-bond donors (Lipinski definition) is 0. The van der Waals surface area contributed by atoms with E-state index in [9.17, 15) is 0 Å². The third-order valence-corrected chi connectivity index (χ3v) is 4.86. The first-order chi connectivity index (χ1) is 13.2. The second kappa shape index (κ2) is 7.67.